The van der Waals surface area contributed by atoms with Crippen LogP contribution in [0.4, 0.5) is 18.9 Å². The van der Waals surface area contributed by atoms with Crippen molar-refractivity contribution in [3.63, 3.8) is 0 Å². The van der Waals surface area contributed by atoms with Gasteiger partial charge in [0, 0.05) is 24.4 Å². The normalized spacial score (nSPS) is 19.7. The summed E-state index contributed by atoms with van der Waals surface area (Å²) >= 11 is 0. The number of pyridine rings is 1. The lowest BCUT2D eigenvalue weighted by molar-refractivity contribution is -0.0488. The summed E-state index contributed by atoms with van der Waals surface area (Å²) < 4.78 is 49.5. The zero-order valence-electron chi connectivity index (χ0n) is 21.6. The van der Waals surface area contributed by atoms with Crippen molar-refractivity contribution in [2.24, 2.45) is 0 Å². The van der Waals surface area contributed by atoms with Gasteiger partial charge in [-0.1, -0.05) is 12.1 Å². The van der Waals surface area contributed by atoms with Crippen LogP contribution in [0.25, 0.3) is 10.9 Å². The Bertz CT molecular complexity index is 1780. The van der Waals surface area contributed by atoms with Crippen LogP contribution in [-0.4, -0.2) is 64.7 Å². The van der Waals surface area contributed by atoms with Crippen LogP contribution in [0.1, 0.15) is 50.0 Å². The Morgan fingerprint density at radius 2 is 1.83 bits per heavy atom. The van der Waals surface area contributed by atoms with E-state index in [2.05, 4.69) is 5.48 Å². The number of nitrogens with one attached hydrogen (secondary N) is 1. The molecule has 3 aromatic rings. The number of carbonyl (C=O) groups is 3. The SMILES string of the molecule is O=C(O)c1cn(C2CC2)c2c(OC(F)F)c(N3CC4=C(CN5C(=O)c6ccccc6C5=O)NOC4C3)c(F)cc2c1=O. The summed E-state index contributed by atoms with van der Waals surface area (Å²) in [5.74, 6) is -4.12. The maximum absolute atomic E-state index is 15.8. The van der Waals surface area contributed by atoms with E-state index in [1.807, 2.05) is 0 Å². The van der Waals surface area contributed by atoms with Crippen molar-refractivity contribution >= 4 is 34.4 Å². The number of rotatable bonds is 7. The molecule has 1 saturated heterocycles. The number of carboxylic acids is 1. The van der Waals surface area contributed by atoms with Crippen LogP contribution in [0, 0.1) is 5.82 Å². The van der Waals surface area contributed by atoms with E-state index in [4.69, 9.17) is 9.57 Å². The van der Waals surface area contributed by atoms with Crippen molar-refractivity contribution in [2.75, 3.05) is 24.5 Å². The van der Waals surface area contributed by atoms with Gasteiger partial charge in [0.15, 0.2) is 11.6 Å². The van der Waals surface area contributed by atoms with Gasteiger partial charge in [0.25, 0.3) is 11.8 Å². The minimum Gasteiger partial charge on any atom is -0.477 e. The maximum atomic E-state index is 15.8. The standard InChI is InChI=1S/C28H21F3N4O7/c29-18-7-15-21(34(12-5-6-12)9-17(23(15)36)27(39)40)24(41-28(30)31)22(18)33-8-16-19(32-42-20(16)11-33)10-35-25(37)13-3-1-2-4-14(13)26(35)38/h1-4,7,9,12,20,28,32H,5-6,8,10-11H2,(H,39,40). The van der Waals surface area contributed by atoms with Gasteiger partial charge in [0.05, 0.1) is 40.8 Å². The van der Waals surface area contributed by atoms with Crippen LogP contribution in [0.15, 0.2) is 52.6 Å². The number of alkyl halides is 2. The molecule has 11 nitrogen and oxygen atoms in total. The first-order valence-electron chi connectivity index (χ1n) is 13.1. The van der Waals surface area contributed by atoms with Gasteiger partial charge >= 0.3 is 12.6 Å². The summed E-state index contributed by atoms with van der Waals surface area (Å²) in [6.07, 6.45) is 1.64. The van der Waals surface area contributed by atoms with Crippen molar-refractivity contribution in [2.45, 2.75) is 31.6 Å². The zero-order chi connectivity index (χ0) is 29.4. The number of amides is 2. The second-order valence-electron chi connectivity index (χ2n) is 10.5. The van der Waals surface area contributed by atoms with Gasteiger partial charge in [-0.25, -0.2) is 9.18 Å². The number of benzene rings is 2. The van der Waals surface area contributed by atoms with Crippen molar-refractivity contribution in [3.05, 3.63) is 80.5 Å². The third kappa shape index (κ3) is 3.93. The highest BCUT2D eigenvalue weighted by atomic mass is 19.3. The summed E-state index contributed by atoms with van der Waals surface area (Å²) in [7, 11) is 0. The Labute approximate surface area is 234 Å². The molecule has 2 fully saturated rings. The highest BCUT2D eigenvalue weighted by molar-refractivity contribution is 6.21. The van der Waals surface area contributed by atoms with Crippen LogP contribution >= 0.6 is 0 Å². The second-order valence-corrected chi connectivity index (χ2v) is 10.5. The number of hydrogen-bond acceptors (Lipinski definition) is 8. The number of ether oxygens (including phenoxy) is 1. The molecule has 4 heterocycles. The number of fused-ring (bicyclic) bond motifs is 3. The van der Waals surface area contributed by atoms with E-state index < -0.39 is 53.1 Å². The molecule has 2 amide bonds. The van der Waals surface area contributed by atoms with Crippen molar-refractivity contribution in [3.8, 4) is 5.75 Å². The molecule has 1 aromatic heterocycles. The molecular weight excluding hydrogens is 561 g/mol. The first-order chi connectivity index (χ1) is 20.1. The van der Waals surface area contributed by atoms with Gasteiger partial charge in [-0.2, -0.15) is 8.78 Å². The van der Waals surface area contributed by atoms with Gasteiger partial charge in [0.1, 0.15) is 17.4 Å². The highest BCUT2D eigenvalue weighted by Crippen LogP contribution is 2.46. The molecule has 7 rings (SSSR count). The Morgan fingerprint density at radius 1 is 1.14 bits per heavy atom. The van der Waals surface area contributed by atoms with Crippen LogP contribution in [0.3, 0.4) is 0 Å². The molecule has 0 spiro atoms. The fourth-order valence-electron chi connectivity index (χ4n) is 5.86. The molecule has 1 unspecified atom stereocenters. The topological polar surface area (TPSA) is 130 Å². The Balaban J connectivity index is 1.30. The number of hydrogen-bond donors (Lipinski definition) is 2. The van der Waals surface area contributed by atoms with E-state index in [9.17, 15) is 33.1 Å². The van der Waals surface area contributed by atoms with Crippen molar-refractivity contribution < 1.29 is 42.2 Å². The summed E-state index contributed by atoms with van der Waals surface area (Å²) in [6.45, 7) is -3.55. The van der Waals surface area contributed by atoms with Crippen LogP contribution in [-0.2, 0) is 4.84 Å². The van der Waals surface area contributed by atoms with E-state index in [0.717, 1.165) is 17.2 Å². The number of imide groups is 1. The smallest absolute Gasteiger partial charge is 0.387 e. The monoisotopic (exact) mass is 582 g/mol. The third-order valence-corrected chi connectivity index (χ3v) is 7.93. The maximum Gasteiger partial charge on any atom is 0.387 e. The number of halogens is 3. The van der Waals surface area contributed by atoms with Crippen LogP contribution < -0.4 is 20.5 Å². The number of nitrogens with zero attached hydrogens (tertiary/aromatic N) is 3. The summed E-state index contributed by atoms with van der Waals surface area (Å²) in [4.78, 5) is 58.6. The zero-order valence-corrected chi connectivity index (χ0v) is 21.6. The first kappa shape index (κ1) is 26.1. The van der Waals surface area contributed by atoms with Gasteiger partial charge in [-0.15, -0.1) is 0 Å². The van der Waals surface area contributed by atoms with E-state index >= 15 is 4.39 Å². The molecule has 2 N–H and O–H groups in total. The number of hydroxylamine groups is 1. The predicted molar refractivity (Wildman–Crippen MR) is 139 cm³/mol. The fourth-order valence-corrected chi connectivity index (χ4v) is 5.86. The van der Waals surface area contributed by atoms with Gasteiger partial charge < -0.3 is 19.3 Å². The number of carboxylic acid groups (broad SMARTS) is 1. The fraction of sp³-hybridized carbons (Fsp3) is 0.286. The molecule has 42 heavy (non-hydrogen) atoms. The van der Waals surface area contributed by atoms with Crippen molar-refractivity contribution in [1.29, 1.82) is 0 Å². The second kappa shape index (κ2) is 9.34. The largest absolute Gasteiger partial charge is 0.477 e. The highest BCUT2D eigenvalue weighted by Gasteiger charge is 2.42. The number of carbonyl (C=O) groups excluding carboxylic acids is 2. The third-order valence-electron chi connectivity index (χ3n) is 7.93. The Hall–Kier alpha value is -4.85. The number of anilines is 1. The van der Waals surface area contributed by atoms with Crippen LogP contribution in [0.2, 0.25) is 0 Å². The molecule has 0 radical (unpaired) electrons. The average molecular weight is 582 g/mol. The van der Waals surface area contributed by atoms with Gasteiger partial charge in [-0.3, -0.25) is 29.6 Å². The summed E-state index contributed by atoms with van der Waals surface area (Å²) in [5.41, 5.74) is 2.17. The van der Waals surface area contributed by atoms with Gasteiger partial charge in [0.2, 0.25) is 5.43 Å². The minimum atomic E-state index is -3.38. The lowest BCUT2D eigenvalue weighted by atomic mass is 10.1. The molecule has 1 atom stereocenters. The molecule has 14 heteroatoms. The molecule has 1 aliphatic carbocycles. The number of aromatic carboxylic acids is 1. The molecular formula is C28H21F3N4O7. The van der Waals surface area contributed by atoms with Gasteiger partial charge in [-0.05, 0) is 31.0 Å². The van der Waals surface area contributed by atoms with E-state index in [1.54, 1.807) is 24.3 Å². The first-order valence-corrected chi connectivity index (χ1v) is 13.1. The predicted octanol–water partition coefficient (Wildman–Crippen LogP) is 3.05. The summed E-state index contributed by atoms with van der Waals surface area (Å²) in [6, 6.07) is 6.99. The summed E-state index contributed by atoms with van der Waals surface area (Å²) in [5, 5.41) is 9.14. The Morgan fingerprint density at radius 3 is 2.45 bits per heavy atom. The van der Waals surface area contributed by atoms with Crippen LogP contribution in [0.5, 0.6) is 5.75 Å². The van der Waals surface area contributed by atoms with E-state index in [0.29, 0.717) is 24.1 Å². The average Bonchev–Trinajstić information content (AvgIpc) is 3.54. The molecule has 216 valence electrons. The minimum absolute atomic E-state index is 0.00313. The lowest BCUT2D eigenvalue weighted by Gasteiger charge is -2.25. The molecule has 3 aliphatic heterocycles. The molecule has 4 aliphatic rings. The molecule has 0 bridgehead atoms. The van der Waals surface area contributed by atoms with E-state index in [-0.39, 0.29) is 53.4 Å². The quantitative estimate of drug-likeness (QED) is 0.404. The molecule has 2 aromatic carbocycles. The Kier molecular flexibility index (Phi) is 5.80. The molecule has 1 saturated carbocycles. The number of aromatic nitrogens is 1. The lowest BCUT2D eigenvalue weighted by Crippen LogP contribution is -2.35. The van der Waals surface area contributed by atoms with E-state index in [1.165, 1.54) is 9.47 Å². The van der Waals surface area contributed by atoms with Crippen molar-refractivity contribution in [1.82, 2.24) is 14.9 Å².